The summed E-state index contributed by atoms with van der Waals surface area (Å²) in [4.78, 5) is 9.12. The van der Waals surface area contributed by atoms with Crippen LogP contribution in [0.15, 0.2) is 36.4 Å². The van der Waals surface area contributed by atoms with Gasteiger partial charge in [-0.3, -0.25) is 4.40 Å². The molecule has 0 fully saturated rings. The molecule has 0 aliphatic rings. The fraction of sp³-hybridized carbons (Fsp3) is 0.125. The van der Waals surface area contributed by atoms with Crippen LogP contribution in [0.4, 0.5) is 4.39 Å². The van der Waals surface area contributed by atoms with Crippen molar-refractivity contribution in [3.8, 4) is 0 Å². The number of halogens is 2. The molecule has 3 nitrogen and oxygen atoms in total. The van der Waals surface area contributed by atoms with E-state index in [2.05, 4.69) is 9.97 Å². The lowest BCUT2D eigenvalue weighted by Gasteiger charge is -2.07. The summed E-state index contributed by atoms with van der Waals surface area (Å²) in [6.45, 7) is 1.93. The summed E-state index contributed by atoms with van der Waals surface area (Å²) in [6, 6.07) is 10.7. The van der Waals surface area contributed by atoms with Crippen molar-refractivity contribution in [2.45, 2.75) is 12.8 Å². The van der Waals surface area contributed by atoms with Gasteiger partial charge in [-0.25, -0.2) is 14.4 Å². The van der Waals surface area contributed by atoms with E-state index in [1.54, 1.807) is 6.07 Å². The van der Waals surface area contributed by atoms with Crippen molar-refractivity contribution < 1.29 is 4.39 Å². The Bertz CT molecular complexity index is 1010. The van der Waals surface area contributed by atoms with Crippen LogP contribution in [-0.2, 0) is 5.88 Å². The molecule has 104 valence electrons. The fourth-order valence-corrected chi connectivity index (χ4v) is 2.93. The number of hydrogen-bond donors (Lipinski definition) is 0. The summed E-state index contributed by atoms with van der Waals surface area (Å²) in [5.41, 5.74) is 4.03. The molecule has 0 unspecified atom stereocenters. The predicted molar refractivity (Wildman–Crippen MR) is 82.3 cm³/mol. The van der Waals surface area contributed by atoms with Crippen LogP contribution in [0, 0.1) is 12.7 Å². The number of hydrogen-bond acceptors (Lipinski definition) is 2. The third-order valence-corrected chi connectivity index (χ3v) is 3.91. The number of rotatable bonds is 1. The maximum atomic E-state index is 14.1. The van der Waals surface area contributed by atoms with E-state index in [0.29, 0.717) is 11.2 Å². The Morgan fingerprint density at radius 1 is 1.14 bits per heavy atom. The van der Waals surface area contributed by atoms with E-state index in [-0.39, 0.29) is 11.7 Å². The first-order valence-corrected chi connectivity index (χ1v) is 7.14. The molecule has 0 bridgehead atoms. The zero-order chi connectivity index (χ0) is 14.6. The molecule has 0 amide bonds. The normalized spacial score (nSPS) is 11.8. The number of fused-ring (bicyclic) bond motifs is 5. The van der Waals surface area contributed by atoms with E-state index in [4.69, 9.17) is 11.6 Å². The molecule has 0 aliphatic heterocycles. The number of benzene rings is 1. The van der Waals surface area contributed by atoms with Gasteiger partial charge in [-0.15, -0.1) is 11.6 Å². The van der Waals surface area contributed by atoms with Crippen molar-refractivity contribution in [2.75, 3.05) is 0 Å². The molecule has 0 saturated carbocycles. The van der Waals surface area contributed by atoms with Gasteiger partial charge in [-0.1, -0.05) is 6.07 Å². The molecule has 0 N–H and O–H groups in total. The van der Waals surface area contributed by atoms with Crippen molar-refractivity contribution >= 4 is 39.1 Å². The van der Waals surface area contributed by atoms with Crippen molar-refractivity contribution in [2.24, 2.45) is 0 Å². The van der Waals surface area contributed by atoms with Crippen LogP contribution >= 0.6 is 11.6 Å². The number of pyridine rings is 1. The summed E-state index contributed by atoms with van der Waals surface area (Å²) in [5, 5.41) is 0.557. The van der Waals surface area contributed by atoms with E-state index >= 15 is 0 Å². The SMILES string of the molecule is Cc1ccc2nc(CCl)n3c4cccc(F)c4cc3c2n1. The molecule has 0 spiro atoms. The molecule has 3 heterocycles. The first-order valence-electron chi connectivity index (χ1n) is 6.61. The van der Waals surface area contributed by atoms with Crippen molar-refractivity contribution in [3.05, 3.63) is 53.7 Å². The summed E-state index contributed by atoms with van der Waals surface area (Å²) in [7, 11) is 0. The second-order valence-electron chi connectivity index (χ2n) is 5.02. The van der Waals surface area contributed by atoms with Gasteiger partial charge in [-0.05, 0) is 37.3 Å². The average Bonchev–Trinajstić information content (AvgIpc) is 2.88. The fourth-order valence-electron chi connectivity index (χ4n) is 2.75. The molecule has 21 heavy (non-hydrogen) atoms. The van der Waals surface area contributed by atoms with Gasteiger partial charge in [0.05, 0.1) is 22.4 Å². The second kappa shape index (κ2) is 4.40. The lowest BCUT2D eigenvalue weighted by atomic mass is 10.2. The Morgan fingerprint density at radius 2 is 2.00 bits per heavy atom. The number of aromatic nitrogens is 3. The number of nitrogens with zero attached hydrogens (tertiary/aromatic N) is 3. The lowest BCUT2D eigenvalue weighted by molar-refractivity contribution is 0.640. The molecule has 3 aromatic heterocycles. The Hall–Kier alpha value is -2.20. The molecule has 0 saturated heterocycles. The van der Waals surface area contributed by atoms with E-state index in [0.717, 1.165) is 27.8 Å². The monoisotopic (exact) mass is 299 g/mol. The molecule has 4 aromatic rings. The highest BCUT2D eigenvalue weighted by Crippen LogP contribution is 2.28. The van der Waals surface area contributed by atoms with Crippen LogP contribution in [0.25, 0.3) is 27.5 Å². The van der Waals surface area contributed by atoms with Gasteiger partial charge < -0.3 is 0 Å². The second-order valence-corrected chi connectivity index (χ2v) is 5.29. The zero-order valence-corrected chi connectivity index (χ0v) is 12.0. The quantitative estimate of drug-likeness (QED) is 0.493. The summed E-state index contributed by atoms with van der Waals surface area (Å²) < 4.78 is 15.9. The number of aryl methyl sites for hydroxylation is 1. The smallest absolute Gasteiger partial charge is 0.132 e. The Labute approximate surface area is 125 Å². The van der Waals surface area contributed by atoms with Gasteiger partial charge >= 0.3 is 0 Å². The molecular weight excluding hydrogens is 289 g/mol. The Balaban J connectivity index is 2.33. The van der Waals surface area contributed by atoms with Crippen LogP contribution in [0.3, 0.4) is 0 Å². The minimum Gasteiger partial charge on any atom is -0.294 e. The predicted octanol–water partition coefficient (Wildman–Crippen LogP) is 4.22. The molecule has 5 heteroatoms. The summed E-state index contributed by atoms with van der Waals surface area (Å²) in [6.07, 6.45) is 0. The van der Waals surface area contributed by atoms with Crippen molar-refractivity contribution in [1.82, 2.24) is 14.4 Å². The first kappa shape index (κ1) is 12.5. The van der Waals surface area contributed by atoms with Crippen LogP contribution < -0.4 is 0 Å². The van der Waals surface area contributed by atoms with Gasteiger partial charge in [0, 0.05) is 11.1 Å². The molecule has 0 aliphatic carbocycles. The van der Waals surface area contributed by atoms with Crippen LogP contribution in [0.1, 0.15) is 11.5 Å². The highest BCUT2D eigenvalue weighted by molar-refractivity contribution is 6.17. The van der Waals surface area contributed by atoms with Crippen LogP contribution in [0.5, 0.6) is 0 Å². The zero-order valence-electron chi connectivity index (χ0n) is 11.3. The van der Waals surface area contributed by atoms with E-state index in [9.17, 15) is 4.39 Å². The molecule has 0 radical (unpaired) electrons. The lowest BCUT2D eigenvalue weighted by Crippen LogP contribution is -2.00. The van der Waals surface area contributed by atoms with Crippen molar-refractivity contribution in [1.29, 1.82) is 0 Å². The van der Waals surface area contributed by atoms with Gasteiger partial charge in [0.1, 0.15) is 17.2 Å². The standard InChI is InChI=1S/C16H11ClFN3/c1-9-5-6-12-16(19-9)14-7-10-11(18)3-2-4-13(10)21(14)15(8-17)20-12/h2-7H,8H2,1H3. The van der Waals surface area contributed by atoms with E-state index < -0.39 is 0 Å². The van der Waals surface area contributed by atoms with Gasteiger partial charge in [0.25, 0.3) is 0 Å². The Morgan fingerprint density at radius 3 is 2.81 bits per heavy atom. The minimum absolute atomic E-state index is 0.251. The highest BCUT2D eigenvalue weighted by Gasteiger charge is 2.14. The number of alkyl halides is 1. The topological polar surface area (TPSA) is 30.2 Å². The van der Waals surface area contributed by atoms with Crippen LogP contribution in [-0.4, -0.2) is 14.4 Å². The maximum Gasteiger partial charge on any atom is 0.132 e. The maximum absolute atomic E-state index is 14.1. The largest absolute Gasteiger partial charge is 0.294 e. The van der Waals surface area contributed by atoms with Gasteiger partial charge in [0.15, 0.2) is 0 Å². The summed E-state index contributed by atoms with van der Waals surface area (Å²) >= 11 is 6.04. The third kappa shape index (κ3) is 1.72. The molecule has 4 rings (SSSR count). The van der Waals surface area contributed by atoms with E-state index in [1.807, 2.05) is 35.6 Å². The minimum atomic E-state index is -0.252. The molecular formula is C16H11ClFN3. The molecule has 0 atom stereocenters. The first-order chi connectivity index (χ1) is 10.2. The van der Waals surface area contributed by atoms with E-state index in [1.165, 1.54) is 6.07 Å². The van der Waals surface area contributed by atoms with Crippen LogP contribution in [0.2, 0.25) is 0 Å². The molecule has 1 aromatic carbocycles. The summed E-state index contributed by atoms with van der Waals surface area (Å²) in [5.74, 6) is 0.684. The van der Waals surface area contributed by atoms with Gasteiger partial charge in [0.2, 0.25) is 0 Å². The average molecular weight is 300 g/mol. The Kier molecular flexibility index (Phi) is 2.62. The van der Waals surface area contributed by atoms with Crippen molar-refractivity contribution in [3.63, 3.8) is 0 Å². The highest BCUT2D eigenvalue weighted by atomic mass is 35.5. The van der Waals surface area contributed by atoms with Gasteiger partial charge in [-0.2, -0.15) is 0 Å². The third-order valence-electron chi connectivity index (χ3n) is 3.68.